The quantitative estimate of drug-likeness (QED) is 0.0726. The zero-order valence-corrected chi connectivity index (χ0v) is 49.7. The van der Waals surface area contributed by atoms with E-state index in [1.165, 1.54) is 21.1 Å². The molecule has 0 bridgehead atoms. The van der Waals surface area contributed by atoms with Crippen molar-refractivity contribution < 1.29 is 36.0 Å². The average molecular weight is 1190 g/mol. The van der Waals surface area contributed by atoms with E-state index in [4.69, 9.17) is 9.97 Å². The normalized spacial score (nSPS) is 19.5. The minimum absolute atomic E-state index is 0.156. The number of rotatable bonds is 21. The average Bonchev–Trinajstić information content (AvgIpc) is 4.39. The summed E-state index contributed by atoms with van der Waals surface area (Å²) in [5.41, 5.74) is 5.62. The van der Waals surface area contributed by atoms with Gasteiger partial charge in [-0.3, -0.25) is 19.2 Å². The number of amides is 4. The van der Waals surface area contributed by atoms with Gasteiger partial charge < -0.3 is 30.2 Å². The highest BCUT2D eigenvalue weighted by Crippen LogP contribution is 2.41. The number of nitrogens with zero attached hydrogens (tertiary/aromatic N) is 8. The molecule has 4 aromatic carbocycles. The lowest BCUT2D eigenvalue weighted by atomic mass is 10.0. The Morgan fingerprint density at radius 1 is 0.500 bits per heavy atom. The first kappa shape index (κ1) is 58.9. The van der Waals surface area contributed by atoms with Crippen LogP contribution >= 0.6 is 22.7 Å². The first-order valence-electron chi connectivity index (χ1n) is 28.3. The number of thiazole rings is 2. The third-order valence-electron chi connectivity index (χ3n) is 16.1. The van der Waals surface area contributed by atoms with Gasteiger partial charge in [-0.25, -0.2) is 26.8 Å². The van der Waals surface area contributed by atoms with Crippen molar-refractivity contribution in [3.63, 3.8) is 0 Å². The lowest BCUT2D eigenvalue weighted by Crippen LogP contribution is -2.48. The summed E-state index contributed by atoms with van der Waals surface area (Å²) in [6.45, 7) is 6.70. The smallest absolute Gasteiger partial charge is 0.250 e. The second-order valence-electron chi connectivity index (χ2n) is 21.7. The van der Waals surface area contributed by atoms with Crippen LogP contribution in [0.5, 0.6) is 0 Å². The maximum Gasteiger partial charge on any atom is 0.250 e. The van der Waals surface area contributed by atoms with Gasteiger partial charge in [-0.1, -0.05) is 109 Å². The second-order valence-corrected chi connectivity index (χ2v) is 27.8. The standard InChI is InChI=1S/C60H72N10O8S4/c1-81(75,76)67-37-33-65(34-38-67)29-11-19-53(71)63-55(47-13-5-3-6-14-47)59(73)69-31-9-17-49(69)57-61-41-51(79-57)45-25-21-43(22-26-45)44-23-27-46(28-24-44)52-42-62-58(80-52)50-18-10-32-70(50)60(74)56(48-15-7-4-8-16-48)64-54(72)20-12-30-66-35-39-68(40-36-66)82(2,77)78/h3-8,13-16,21-28,41-42,49-50,55-56H,9-12,17-20,29-40H2,1-2H3,(H,63,71)(H,64,72)/t49-,50-,55+,56+/m0/s1. The van der Waals surface area contributed by atoms with Gasteiger partial charge in [0.1, 0.15) is 22.1 Å². The molecule has 2 aromatic heterocycles. The van der Waals surface area contributed by atoms with Crippen LogP contribution in [0.1, 0.15) is 96.7 Å². The van der Waals surface area contributed by atoms with Crippen LogP contribution in [-0.4, -0.2) is 170 Å². The second kappa shape index (κ2) is 26.6. The Balaban J connectivity index is 0.733. The molecule has 0 spiro atoms. The predicted molar refractivity (Wildman–Crippen MR) is 320 cm³/mol. The summed E-state index contributed by atoms with van der Waals surface area (Å²) in [6.07, 6.45) is 11.1. The highest BCUT2D eigenvalue weighted by molar-refractivity contribution is 7.88. The molecule has 4 amide bonds. The molecule has 2 N–H and O–H groups in total. The van der Waals surface area contributed by atoms with Gasteiger partial charge in [0.05, 0.1) is 34.3 Å². The summed E-state index contributed by atoms with van der Waals surface area (Å²) in [4.78, 5) is 75.7. The summed E-state index contributed by atoms with van der Waals surface area (Å²) >= 11 is 3.17. The molecule has 434 valence electrons. The number of nitrogens with one attached hydrogen (secondary N) is 2. The number of hydrogen-bond donors (Lipinski definition) is 2. The van der Waals surface area contributed by atoms with Crippen LogP contribution < -0.4 is 10.6 Å². The van der Waals surface area contributed by atoms with Gasteiger partial charge in [0, 0.05) is 90.7 Å². The zero-order valence-electron chi connectivity index (χ0n) is 46.5. The molecule has 82 heavy (non-hydrogen) atoms. The van der Waals surface area contributed by atoms with Crippen LogP contribution in [0.15, 0.2) is 122 Å². The summed E-state index contributed by atoms with van der Waals surface area (Å²) in [6, 6.07) is 33.5. The SMILES string of the molecule is CS(=O)(=O)N1CCN(CCCC(=O)N[C@@H](C(=O)N2CCC[C@H]2c2ncc(-c3ccc(-c4ccc(-c5cnc([C@@H]6CCCN6C(=O)[C@H](NC(=O)CCCN6CCN(S(C)(=O)=O)CC6)c6ccccc6)s5)cc4)cc3)s2)c2ccccc2)CC1. The van der Waals surface area contributed by atoms with Gasteiger partial charge in [0.2, 0.25) is 43.7 Å². The lowest BCUT2D eigenvalue weighted by Gasteiger charge is -2.33. The fraction of sp³-hybridized carbons (Fsp3) is 0.433. The van der Waals surface area contributed by atoms with Crippen LogP contribution in [0.4, 0.5) is 0 Å². The molecule has 4 aliphatic heterocycles. The van der Waals surface area contributed by atoms with Crippen molar-refractivity contribution in [3.8, 4) is 32.0 Å². The number of piperazine rings is 2. The van der Waals surface area contributed by atoms with E-state index in [1.54, 1.807) is 22.7 Å². The molecule has 0 unspecified atom stereocenters. The summed E-state index contributed by atoms with van der Waals surface area (Å²) < 4.78 is 50.7. The Kier molecular flexibility index (Phi) is 19.1. The molecule has 6 heterocycles. The highest BCUT2D eigenvalue weighted by atomic mass is 32.2. The minimum atomic E-state index is -3.22. The number of benzene rings is 4. The van der Waals surface area contributed by atoms with Gasteiger partial charge >= 0.3 is 0 Å². The largest absolute Gasteiger partial charge is 0.341 e. The van der Waals surface area contributed by atoms with E-state index < -0.39 is 32.1 Å². The third kappa shape index (κ3) is 14.6. The summed E-state index contributed by atoms with van der Waals surface area (Å²) in [5, 5.41) is 7.84. The summed E-state index contributed by atoms with van der Waals surface area (Å²) in [5.74, 6) is -0.717. The van der Waals surface area contributed by atoms with Crippen LogP contribution in [-0.2, 0) is 39.2 Å². The van der Waals surface area contributed by atoms with Crippen molar-refractivity contribution in [2.45, 2.75) is 75.5 Å². The van der Waals surface area contributed by atoms with Crippen LogP contribution in [0.25, 0.3) is 32.0 Å². The Hall–Kier alpha value is -6.24. The molecule has 0 radical (unpaired) electrons. The van der Waals surface area contributed by atoms with E-state index in [1.807, 2.05) is 82.9 Å². The fourth-order valence-electron chi connectivity index (χ4n) is 11.5. The van der Waals surface area contributed by atoms with Crippen molar-refractivity contribution in [2.75, 3.05) is 91.0 Å². The Bertz CT molecular complexity index is 3160. The van der Waals surface area contributed by atoms with Crippen LogP contribution in [0.2, 0.25) is 0 Å². The number of hydrogen-bond acceptors (Lipinski definition) is 14. The van der Waals surface area contributed by atoms with Crippen molar-refractivity contribution in [1.82, 2.24) is 48.8 Å². The zero-order chi connectivity index (χ0) is 57.4. The van der Waals surface area contributed by atoms with Gasteiger partial charge in [0.25, 0.3) is 0 Å². The maximum absolute atomic E-state index is 14.5. The Morgan fingerprint density at radius 2 is 0.854 bits per heavy atom. The van der Waals surface area contributed by atoms with E-state index in [0.29, 0.717) is 91.4 Å². The van der Waals surface area contributed by atoms with Crippen LogP contribution in [0.3, 0.4) is 0 Å². The molecule has 0 aliphatic carbocycles. The van der Waals surface area contributed by atoms with Crippen LogP contribution in [0, 0.1) is 0 Å². The molecule has 4 fully saturated rings. The maximum atomic E-state index is 14.5. The molecule has 4 atom stereocenters. The fourth-order valence-corrected chi connectivity index (χ4v) is 15.3. The Labute approximate surface area is 489 Å². The van der Waals surface area contributed by atoms with E-state index >= 15 is 0 Å². The van der Waals surface area contributed by atoms with Gasteiger partial charge in [-0.2, -0.15) is 8.61 Å². The number of carbonyl (C=O) groups excluding carboxylic acids is 4. The molecule has 22 heteroatoms. The number of aromatic nitrogens is 2. The molecule has 10 rings (SSSR count). The van der Waals surface area contributed by atoms with Gasteiger partial charge in [0.15, 0.2) is 0 Å². The summed E-state index contributed by atoms with van der Waals surface area (Å²) in [7, 11) is -6.44. The van der Waals surface area contributed by atoms with Crippen molar-refractivity contribution in [2.24, 2.45) is 0 Å². The first-order chi connectivity index (χ1) is 39.6. The molecular formula is C60H72N10O8S4. The lowest BCUT2D eigenvalue weighted by molar-refractivity contribution is -0.137. The van der Waals surface area contributed by atoms with Crippen molar-refractivity contribution in [1.29, 1.82) is 0 Å². The first-order valence-corrected chi connectivity index (χ1v) is 33.7. The monoisotopic (exact) mass is 1190 g/mol. The molecule has 6 aromatic rings. The number of sulfonamides is 2. The topological polar surface area (TPSA) is 206 Å². The molecular weight excluding hydrogens is 1120 g/mol. The van der Waals surface area contributed by atoms with Crippen molar-refractivity contribution >= 4 is 66.3 Å². The molecule has 0 saturated carbocycles. The number of carbonyl (C=O) groups is 4. The van der Waals surface area contributed by atoms with Gasteiger partial charge in [-0.15, -0.1) is 22.7 Å². The predicted octanol–water partition coefficient (Wildman–Crippen LogP) is 7.36. The molecule has 4 saturated heterocycles. The number of likely N-dealkylation sites (tertiary alicyclic amines) is 2. The highest BCUT2D eigenvalue weighted by Gasteiger charge is 2.39. The van der Waals surface area contributed by atoms with E-state index in [0.717, 1.165) is 78.8 Å². The van der Waals surface area contributed by atoms with Crippen molar-refractivity contribution in [3.05, 3.63) is 143 Å². The molecule has 18 nitrogen and oxygen atoms in total. The Morgan fingerprint density at radius 3 is 1.21 bits per heavy atom. The minimum Gasteiger partial charge on any atom is -0.341 e. The van der Waals surface area contributed by atoms with E-state index in [-0.39, 0.29) is 48.6 Å². The van der Waals surface area contributed by atoms with Gasteiger partial charge in [-0.05, 0) is 85.0 Å². The van der Waals surface area contributed by atoms with E-state index in [9.17, 15) is 36.0 Å². The van der Waals surface area contributed by atoms with E-state index in [2.05, 4.69) is 69.0 Å². The molecule has 4 aliphatic rings. The third-order valence-corrected chi connectivity index (χ3v) is 21.0.